The Morgan fingerprint density at radius 1 is 1.70 bits per heavy atom. The molecule has 1 heterocycles. The van der Waals surface area contributed by atoms with Crippen LogP contribution in [0.4, 0.5) is 0 Å². The SMILES string of the molecule is CC1=C(C#N)C(=O)C(C)N1. The third kappa shape index (κ3) is 0.781. The number of carbonyl (C=O) groups is 1. The predicted octanol–water partition coefficient (Wildman–Crippen LogP) is 0.345. The van der Waals surface area contributed by atoms with Crippen LogP contribution in [0.15, 0.2) is 11.3 Å². The molecule has 0 spiro atoms. The van der Waals surface area contributed by atoms with Crippen LogP contribution in [0, 0.1) is 11.3 Å². The van der Waals surface area contributed by atoms with Gasteiger partial charge in [0.25, 0.3) is 0 Å². The van der Waals surface area contributed by atoms with Crippen LogP contribution in [0.1, 0.15) is 13.8 Å². The number of nitrogens with one attached hydrogen (secondary N) is 1. The maximum absolute atomic E-state index is 11.0. The van der Waals surface area contributed by atoms with Gasteiger partial charge in [-0.1, -0.05) is 0 Å². The van der Waals surface area contributed by atoms with E-state index in [2.05, 4.69) is 5.32 Å². The highest BCUT2D eigenvalue weighted by atomic mass is 16.1. The number of nitrogens with zero attached hydrogens (tertiary/aromatic N) is 1. The normalized spacial score (nSPS) is 24.5. The summed E-state index contributed by atoms with van der Waals surface area (Å²) >= 11 is 0. The van der Waals surface area contributed by atoms with E-state index in [1.165, 1.54) is 0 Å². The van der Waals surface area contributed by atoms with Crippen molar-refractivity contribution < 1.29 is 4.79 Å². The number of allylic oxidation sites excluding steroid dienone is 1. The van der Waals surface area contributed by atoms with E-state index in [9.17, 15) is 4.79 Å². The number of nitriles is 1. The second-order valence-electron chi connectivity index (χ2n) is 2.34. The molecule has 1 unspecified atom stereocenters. The number of rotatable bonds is 0. The third-order valence-corrected chi connectivity index (χ3v) is 1.56. The van der Waals surface area contributed by atoms with Crippen LogP contribution < -0.4 is 5.32 Å². The van der Waals surface area contributed by atoms with E-state index in [-0.39, 0.29) is 17.4 Å². The first-order valence-electron chi connectivity index (χ1n) is 3.08. The summed E-state index contributed by atoms with van der Waals surface area (Å²) in [6.45, 7) is 3.48. The molecule has 0 saturated heterocycles. The monoisotopic (exact) mass is 136 g/mol. The Morgan fingerprint density at radius 3 is 2.50 bits per heavy atom. The maximum atomic E-state index is 11.0. The molecule has 3 heteroatoms. The summed E-state index contributed by atoms with van der Waals surface area (Å²) < 4.78 is 0. The van der Waals surface area contributed by atoms with Gasteiger partial charge in [-0.3, -0.25) is 4.79 Å². The molecule has 1 aliphatic rings. The molecule has 0 aliphatic carbocycles. The van der Waals surface area contributed by atoms with Gasteiger partial charge in [0.05, 0.1) is 6.04 Å². The van der Waals surface area contributed by atoms with Gasteiger partial charge in [-0.15, -0.1) is 0 Å². The van der Waals surface area contributed by atoms with Crippen molar-refractivity contribution in [2.24, 2.45) is 0 Å². The lowest BCUT2D eigenvalue weighted by molar-refractivity contribution is -0.115. The van der Waals surface area contributed by atoms with E-state index in [0.29, 0.717) is 5.70 Å². The van der Waals surface area contributed by atoms with E-state index in [1.807, 2.05) is 6.07 Å². The van der Waals surface area contributed by atoms with Crippen LogP contribution >= 0.6 is 0 Å². The molecule has 0 fully saturated rings. The molecule has 0 bridgehead atoms. The number of Topliss-reactive ketones (excluding diaryl/α,β-unsaturated/α-hetero) is 1. The average molecular weight is 136 g/mol. The van der Waals surface area contributed by atoms with Crippen molar-refractivity contribution in [3.05, 3.63) is 11.3 Å². The Kier molecular flexibility index (Phi) is 1.46. The van der Waals surface area contributed by atoms with E-state index in [0.717, 1.165) is 0 Å². The van der Waals surface area contributed by atoms with Crippen molar-refractivity contribution in [3.8, 4) is 6.07 Å². The third-order valence-electron chi connectivity index (χ3n) is 1.56. The van der Waals surface area contributed by atoms with Gasteiger partial charge in [0.2, 0.25) is 0 Å². The number of hydrogen-bond acceptors (Lipinski definition) is 3. The lowest BCUT2D eigenvalue weighted by Crippen LogP contribution is -2.24. The molecule has 0 aromatic heterocycles. The van der Waals surface area contributed by atoms with Crippen molar-refractivity contribution in [2.45, 2.75) is 19.9 Å². The molecule has 0 aromatic carbocycles. The van der Waals surface area contributed by atoms with Crippen molar-refractivity contribution in [1.82, 2.24) is 5.32 Å². The fraction of sp³-hybridized carbons (Fsp3) is 0.429. The van der Waals surface area contributed by atoms with E-state index < -0.39 is 0 Å². The zero-order valence-corrected chi connectivity index (χ0v) is 5.93. The topological polar surface area (TPSA) is 52.9 Å². The molecule has 10 heavy (non-hydrogen) atoms. The molecule has 52 valence electrons. The second kappa shape index (κ2) is 2.14. The predicted molar refractivity (Wildman–Crippen MR) is 35.9 cm³/mol. The molecule has 0 amide bonds. The number of hydrogen-bond donors (Lipinski definition) is 1. The van der Waals surface area contributed by atoms with E-state index >= 15 is 0 Å². The van der Waals surface area contributed by atoms with Crippen LogP contribution in [0.5, 0.6) is 0 Å². The quantitative estimate of drug-likeness (QED) is 0.522. The number of carbonyl (C=O) groups excluding carboxylic acids is 1. The van der Waals surface area contributed by atoms with Gasteiger partial charge in [-0.25, -0.2) is 0 Å². The van der Waals surface area contributed by atoms with Gasteiger partial charge >= 0.3 is 0 Å². The molecule has 1 rings (SSSR count). The molecule has 0 radical (unpaired) electrons. The fourth-order valence-electron chi connectivity index (χ4n) is 1.00. The minimum atomic E-state index is -0.213. The standard InChI is InChI=1S/C7H8N2O/c1-4-6(3-8)7(10)5(2)9-4/h5,9H,1-2H3. The van der Waals surface area contributed by atoms with Gasteiger partial charge in [0.1, 0.15) is 11.6 Å². The van der Waals surface area contributed by atoms with Crippen LogP contribution in [-0.4, -0.2) is 11.8 Å². The largest absolute Gasteiger partial charge is 0.378 e. The zero-order valence-electron chi connectivity index (χ0n) is 5.93. The Bertz CT molecular complexity index is 247. The molecule has 0 saturated carbocycles. The van der Waals surface area contributed by atoms with Gasteiger partial charge in [-0.05, 0) is 13.8 Å². The van der Waals surface area contributed by atoms with Gasteiger partial charge in [-0.2, -0.15) is 5.26 Å². The average Bonchev–Trinajstić information content (AvgIpc) is 2.09. The summed E-state index contributed by atoms with van der Waals surface area (Å²) in [5.41, 5.74) is 0.965. The Hall–Kier alpha value is -1.30. The Balaban J connectivity index is 2.99. The summed E-state index contributed by atoms with van der Waals surface area (Å²) in [4.78, 5) is 11.0. The summed E-state index contributed by atoms with van der Waals surface area (Å²) in [6, 6.07) is 1.65. The summed E-state index contributed by atoms with van der Waals surface area (Å²) in [7, 11) is 0. The Labute approximate surface area is 59.3 Å². The first-order chi connectivity index (χ1) is 4.66. The smallest absolute Gasteiger partial charge is 0.196 e. The minimum Gasteiger partial charge on any atom is -0.378 e. The van der Waals surface area contributed by atoms with Crippen molar-refractivity contribution >= 4 is 5.78 Å². The first-order valence-corrected chi connectivity index (χ1v) is 3.08. The van der Waals surface area contributed by atoms with Crippen molar-refractivity contribution in [2.75, 3.05) is 0 Å². The molecular formula is C7H8N2O. The van der Waals surface area contributed by atoms with Crippen molar-refractivity contribution in [1.29, 1.82) is 5.26 Å². The molecule has 3 nitrogen and oxygen atoms in total. The molecule has 1 N–H and O–H groups in total. The van der Waals surface area contributed by atoms with Gasteiger partial charge < -0.3 is 5.32 Å². The summed E-state index contributed by atoms with van der Waals surface area (Å²) in [6.07, 6.45) is 0. The van der Waals surface area contributed by atoms with Crippen LogP contribution in [0.3, 0.4) is 0 Å². The molecule has 1 atom stereocenters. The highest BCUT2D eigenvalue weighted by molar-refractivity contribution is 6.05. The zero-order chi connectivity index (χ0) is 7.72. The number of ketones is 1. The summed E-state index contributed by atoms with van der Waals surface area (Å²) in [5.74, 6) is -0.0972. The summed E-state index contributed by atoms with van der Waals surface area (Å²) in [5, 5.41) is 11.3. The van der Waals surface area contributed by atoms with Gasteiger partial charge in [0, 0.05) is 5.70 Å². The lowest BCUT2D eigenvalue weighted by Gasteiger charge is -1.99. The highest BCUT2D eigenvalue weighted by Crippen LogP contribution is 2.12. The Morgan fingerprint density at radius 2 is 2.30 bits per heavy atom. The van der Waals surface area contributed by atoms with Crippen LogP contribution in [-0.2, 0) is 4.79 Å². The first kappa shape index (κ1) is 6.81. The van der Waals surface area contributed by atoms with Gasteiger partial charge in [0.15, 0.2) is 5.78 Å². The maximum Gasteiger partial charge on any atom is 0.196 e. The second-order valence-corrected chi connectivity index (χ2v) is 2.34. The highest BCUT2D eigenvalue weighted by Gasteiger charge is 2.26. The fourth-order valence-corrected chi connectivity index (χ4v) is 1.00. The van der Waals surface area contributed by atoms with E-state index in [4.69, 9.17) is 5.26 Å². The lowest BCUT2D eigenvalue weighted by atomic mass is 10.1. The van der Waals surface area contributed by atoms with Crippen LogP contribution in [0.25, 0.3) is 0 Å². The van der Waals surface area contributed by atoms with Crippen LogP contribution in [0.2, 0.25) is 0 Å². The molecule has 0 aromatic rings. The molecular weight excluding hydrogens is 128 g/mol. The molecule has 1 aliphatic heterocycles. The van der Waals surface area contributed by atoms with Crippen molar-refractivity contribution in [3.63, 3.8) is 0 Å². The van der Waals surface area contributed by atoms with E-state index in [1.54, 1.807) is 13.8 Å². The minimum absolute atomic E-state index is 0.0972.